The minimum absolute atomic E-state index is 0.132. The van der Waals surface area contributed by atoms with E-state index in [2.05, 4.69) is 9.97 Å². The van der Waals surface area contributed by atoms with Gasteiger partial charge in [0.05, 0.1) is 28.3 Å². The molecule has 88 valence electrons. The molecule has 0 saturated heterocycles. The second-order valence-electron chi connectivity index (χ2n) is 4.25. The minimum Gasteiger partial charge on any atom is -0.299 e. The summed E-state index contributed by atoms with van der Waals surface area (Å²) in [6.07, 6.45) is 0.767. The molecule has 1 heterocycles. The van der Waals surface area contributed by atoms with Gasteiger partial charge in [0.1, 0.15) is 5.78 Å². The van der Waals surface area contributed by atoms with Crippen molar-refractivity contribution in [1.82, 2.24) is 9.97 Å². The Balaban J connectivity index is 2.61. The number of hydrogen-bond donors (Lipinski definition) is 0. The summed E-state index contributed by atoms with van der Waals surface area (Å²) >= 11 is 0. The smallest absolute Gasteiger partial charge is 0.138 e. The van der Waals surface area contributed by atoms with Crippen LogP contribution in [-0.4, -0.2) is 15.8 Å². The number of rotatable bonds is 3. The zero-order valence-corrected chi connectivity index (χ0v) is 10.4. The third-order valence-corrected chi connectivity index (χ3v) is 3.01. The van der Waals surface area contributed by atoms with Crippen molar-refractivity contribution in [3.63, 3.8) is 0 Å². The number of ketones is 1. The van der Waals surface area contributed by atoms with E-state index in [1.165, 1.54) is 0 Å². The van der Waals surface area contributed by atoms with E-state index in [-0.39, 0.29) is 11.7 Å². The second-order valence-corrected chi connectivity index (χ2v) is 4.25. The Bertz CT molecular complexity index is 563. The Morgan fingerprint density at radius 3 is 2.35 bits per heavy atom. The van der Waals surface area contributed by atoms with E-state index in [0.717, 1.165) is 28.8 Å². The van der Waals surface area contributed by atoms with Gasteiger partial charge in [0.2, 0.25) is 0 Å². The number of aryl methyl sites for hydroxylation is 1. The zero-order valence-electron chi connectivity index (χ0n) is 10.4. The number of benzene rings is 1. The highest BCUT2D eigenvalue weighted by atomic mass is 16.1. The van der Waals surface area contributed by atoms with Crippen molar-refractivity contribution in [3.8, 4) is 0 Å². The molecule has 3 heteroatoms. The highest BCUT2D eigenvalue weighted by molar-refractivity contribution is 5.84. The number of Topliss-reactive ketones (excluding diaryl/α,β-unsaturated/α-hetero) is 1. The molecular weight excluding hydrogens is 212 g/mol. The number of hydrogen-bond acceptors (Lipinski definition) is 3. The normalized spacial score (nSPS) is 12.6. The van der Waals surface area contributed by atoms with Crippen LogP contribution in [0.3, 0.4) is 0 Å². The lowest BCUT2D eigenvalue weighted by Gasteiger charge is -2.13. The quantitative estimate of drug-likeness (QED) is 0.811. The third-order valence-electron chi connectivity index (χ3n) is 3.01. The van der Waals surface area contributed by atoms with Gasteiger partial charge < -0.3 is 0 Å². The molecule has 0 spiro atoms. The molecule has 2 aromatic rings. The molecular formula is C14H16N2O. The summed E-state index contributed by atoms with van der Waals surface area (Å²) in [5.74, 6) is 0.0206. The number of para-hydroxylation sites is 2. The molecule has 0 N–H and O–H groups in total. The van der Waals surface area contributed by atoms with Crippen molar-refractivity contribution in [1.29, 1.82) is 0 Å². The Kier molecular flexibility index (Phi) is 3.18. The van der Waals surface area contributed by atoms with Gasteiger partial charge in [0, 0.05) is 0 Å². The summed E-state index contributed by atoms with van der Waals surface area (Å²) in [5.41, 5.74) is 3.41. The third kappa shape index (κ3) is 2.18. The Hall–Kier alpha value is -1.77. The van der Waals surface area contributed by atoms with Gasteiger partial charge in [0.25, 0.3) is 0 Å². The van der Waals surface area contributed by atoms with Gasteiger partial charge in [-0.3, -0.25) is 4.79 Å². The highest BCUT2D eigenvalue weighted by Crippen LogP contribution is 2.23. The second kappa shape index (κ2) is 4.62. The van der Waals surface area contributed by atoms with Crippen LogP contribution in [0.15, 0.2) is 24.3 Å². The van der Waals surface area contributed by atoms with Gasteiger partial charge in [-0.15, -0.1) is 0 Å². The van der Waals surface area contributed by atoms with Crippen LogP contribution >= 0.6 is 0 Å². The van der Waals surface area contributed by atoms with Crippen LogP contribution in [0.25, 0.3) is 11.0 Å². The van der Waals surface area contributed by atoms with Gasteiger partial charge >= 0.3 is 0 Å². The van der Waals surface area contributed by atoms with Crippen LogP contribution in [0.1, 0.15) is 37.6 Å². The lowest BCUT2D eigenvalue weighted by Crippen LogP contribution is -2.12. The SMILES string of the molecule is CCC(C(C)=O)c1nc2ccccc2nc1C. The first-order valence-electron chi connectivity index (χ1n) is 5.87. The molecule has 0 radical (unpaired) electrons. The fourth-order valence-corrected chi connectivity index (χ4v) is 2.11. The van der Waals surface area contributed by atoms with Crippen LogP contribution < -0.4 is 0 Å². The van der Waals surface area contributed by atoms with Crippen LogP contribution in [0.2, 0.25) is 0 Å². The molecule has 2 rings (SSSR count). The lowest BCUT2D eigenvalue weighted by atomic mass is 9.96. The summed E-state index contributed by atoms with van der Waals surface area (Å²) in [6, 6.07) is 7.75. The van der Waals surface area contributed by atoms with Crippen molar-refractivity contribution in [2.45, 2.75) is 33.1 Å². The van der Waals surface area contributed by atoms with Crippen molar-refractivity contribution in [3.05, 3.63) is 35.7 Å². The highest BCUT2D eigenvalue weighted by Gasteiger charge is 2.19. The van der Waals surface area contributed by atoms with Gasteiger partial charge in [-0.2, -0.15) is 0 Å². The minimum atomic E-state index is -0.132. The first kappa shape index (κ1) is 11.7. The number of carbonyl (C=O) groups excluding carboxylic acids is 1. The first-order valence-corrected chi connectivity index (χ1v) is 5.87. The van der Waals surface area contributed by atoms with Gasteiger partial charge in [-0.1, -0.05) is 19.1 Å². The molecule has 1 atom stereocenters. The molecule has 0 aliphatic heterocycles. The van der Waals surface area contributed by atoms with E-state index < -0.39 is 0 Å². The number of aromatic nitrogens is 2. The van der Waals surface area contributed by atoms with Crippen LogP contribution in [0.5, 0.6) is 0 Å². The summed E-state index contributed by atoms with van der Waals surface area (Å²) in [6.45, 7) is 5.53. The monoisotopic (exact) mass is 228 g/mol. The van der Waals surface area contributed by atoms with E-state index in [0.29, 0.717) is 0 Å². The fourth-order valence-electron chi connectivity index (χ4n) is 2.11. The summed E-state index contributed by atoms with van der Waals surface area (Å²) < 4.78 is 0. The van der Waals surface area contributed by atoms with E-state index in [4.69, 9.17) is 0 Å². The van der Waals surface area contributed by atoms with Crippen LogP contribution in [0, 0.1) is 6.92 Å². The van der Waals surface area contributed by atoms with Crippen molar-refractivity contribution in [2.75, 3.05) is 0 Å². The van der Waals surface area contributed by atoms with Gasteiger partial charge in [0.15, 0.2) is 0 Å². The maximum absolute atomic E-state index is 11.6. The average molecular weight is 228 g/mol. The number of carbonyl (C=O) groups is 1. The lowest BCUT2D eigenvalue weighted by molar-refractivity contribution is -0.118. The average Bonchev–Trinajstić information content (AvgIpc) is 2.30. The molecule has 0 fully saturated rings. The van der Waals surface area contributed by atoms with Crippen LogP contribution in [0.4, 0.5) is 0 Å². The Labute approximate surface area is 101 Å². The predicted octanol–water partition coefficient (Wildman–Crippen LogP) is 3.02. The molecule has 1 unspecified atom stereocenters. The van der Waals surface area contributed by atoms with E-state index >= 15 is 0 Å². The number of nitrogens with zero attached hydrogens (tertiary/aromatic N) is 2. The molecule has 0 aliphatic carbocycles. The van der Waals surface area contributed by atoms with E-state index in [1.807, 2.05) is 38.1 Å². The molecule has 1 aromatic heterocycles. The summed E-state index contributed by atoms with van der Waals surface area (Å²) in [5, 5.41) is 0. The Morgan fingerprint density at radius 2 is 1.82 bits per heavy atom. The van der Waals surface area contributed by atoms with E-state index in [9.17, 15) is 4.79 Å². The maximum Gasteiger partial charge on any atom is 0.138 e. The molecule has 17 heavy (non-hydrogen) atoms. The van der Waals surface area contributed by atoms with Crippen molar-refractivity contribution >= 4 is 16.8 Å². The van der Waals surface area contributed by atoms with Crippen LogP contribution in [-0.2, 0) is 4.79 Å². The maximum atomic E-state index is 11.6. The van der Waals surface area contributed by atoms with Gasteiger partial charge in [-0.25, -0.2) is 9.97 Å². The largest absolute Gasteiger partial charge is 0.299 e. The fraction of sp³-hybridized carbons (Fsp3) is 0.357. The van der Waals surface area contributed by atoms with Crippen molar-refractivity contribution in [2.24, 2.45) is 0 Å². The van der Waals surface area contributed by atoms with Gasteiger partial charge in [-0.05, 0) is 32.4 Å². The standard InChI is InChI=1S/C14H16N2O/c1-4-11(10(3)17)14-9(2)15-12-7-5-6-8-13(12)16-14/h5-8,11H,4H2,1-3H3. The molecule has 0 aliphatic rings. The summed E-state index contributed by atoms with van der Waals surface area (Å²) in [7, 11) is 0. The zero-order chi connectivity index (χ0) is 12.4. The predicted molar refractivity (Wildman–Crippen MR) is 68.0 cm³/mol. The molecule has 0 saturated carbocycles. The molecule has 0 amide bonds. The van der Waals surface area contributed by atoms with Crippen molar-refractivity contribution < 1.29 is 4.79 Å². The Morgan fingerprint density at radius 1 is 1.24 bits per heavy atom. The summed E-state index contributed by atoms with van der Waals surface area (Å²) in [4.78, 5) is 20.7. The first-order chi connectivity index (χ1) is 8.13. The molecule has 0 bridgehead atoms. The topological polar surface area (TPSA) is 42.9 Å². The van der Waals surface area contributed by atoms with E-state index in [1.54, 1.807) is 6.92 Å². The molecule has 1 aromatic carbocycles. The molecule has 3 nitrogen and oxygen atoms in total. The number of fused-ring (bicyclic) bond motifs is 1.